The quantitative estimate of drug-likeness (QED) is 0.884. The number of H-pyrrole nitrogens is 1. The summed E-state index contributed by atoms with van der Waals surface area (Å²) in [5.74, 6) is 0. The number of benzene rings is 1. The first-order valence-electron chi connectivity index (χ1n) is 7.64. The number of aliphatic hydroxyl groups is 1. The Balaban J connectivity index is 2.47. The number of aliphatic hydroxyl groups excluding tert-OH is 1. The number of rotatable bonds is 4. The molecule has 2 rings (SSSR count). The summed E-state index contributed by atoms with van der Waals surface area (Å²) in [6, 6.07) is 11.6. The molecule has 0 bridgehead atoms. The molecule has 23 heavy (non-hydrogen) atoms. The van der Waals surface area contributed by atoms with Gasteiger partial charge in [0.25, 0.3) is 5.56 Å². The van der Waals surface area contributed by atoms with Crippen molar-refractivity contribution in [2.75, 3.05) is 6.61 Å². The molecule has 2 aromatic rings. The predicted octanol–water partition coefficient (Wildman–Crippen LogP) is 4.14. The van der Waals surface area contributed by atoms with E-state index in [4.69, 9.17) is 16.7 Å². The van der Waals surface area contributed by atoms with Gasteiger partial charge in [-0.25, -0.2) is 0 Å². The molecule has 0 aliphatic heterocycles. The minimum atomic E-state index is -0.314. The molecule has 0 atom stereocenters. The Morgan fingerprint density at radius 3 is 2.35 bits per heavy atom. The first-order valence-corrected chi connectivity index (χ1v) is 8.02. The lowest BCUT2D eigenvalue weighted by molar-refractivity contribution is 0.303. The van der Waals surface area contributed by atoms with Crippen LogP contribution in [0.15, 0.2) is 47.3 Å². The van der Waals surface area contributed by atoms with Gasteiger partial charge in [0, 0.05) is 17.9 Å². The van der Waals surface area contributed by atoms with E-state index in [9.17, 15) is 4.79 Å². The number of aromatic nitrogens is 1. The van der Waals surface area contributed by atoms with Gasteiger partial charge < -0.3 is 10.1 Å². The van der Waals surface area contributed by atoms with Crippen LogP contribution in [0.3, 0.4) is 0 Å². The molecule has 4 heteroatoms. The Morgan fingerprint density at radius 1 is 1.17 bits per heavy atom. The molecule has 0 aliphatic carbocycles. The van der Waals surface area contributed by atoms with Crippen molar-refractivity contribution in [2.45, 2.75) is 32.6 Å². The van der Waals surface area contributed by atoms with Crippen molar-refractivity contribution in [3.8, 4) is 0 Å². The maximum atomic E-state index is 11.8. The third kappa shape index (κ3) is 4.34. The normalized spacial score (nSPS) is 12.5. The third-order valence-corrected chi connectivity index (χ3v) is 3.99. The molecule has 2 N–H and O–H groups in total. The molecule has 0 radical (unpaired) electrons. The Bertz CT molecular complexity index is 752. The second-order valence-corrected chi connectivity index (χ2v) is 6.91. The molecule has 0 aliphatic rings. The highest BCUT2D eigenvalue weighted by Crippen LogP contribution is 2.27. The summed E-state index contributed by atoms with van der Waals surface area (Å²) in [4.78, 5) is 14.6. The van der Waals surface area contributed by atoms with E-state index in [-0.39, 0.29) is 22.6 Å². The predicted molar refractivity (Wildman–Crippen MR) is 96.0 cm³/mol. The maximum absolute atomic E-state index is 11.8. The van der Waals surface area contributed by atoms with Crippen LogP contribution in [0.25, 0.3) is 5.57 Å². The van der Waals surface area contributed by atoms with E-state index in [1.54, 1.807) is 12.1 Å². The van der Waals surface area contributed by atoms with Crippen LogP contribution in [-0.4, -0.2) is 16.7 Å². The highest BCUT2D eigenvalue weighted by atomic mass is 35.5. The van der Waals surface area contributed by atoms with E-state index in [0.29, 0.717) is 12.1 Å². The van der Waals surface area contributed by atoms with Crippen LogP contribution < -0.4 is 5.56 Å². The van der Waals surface area contributed by atoms with Crippen molar-refractivity contribution in [2.24, 2.45) is 0 Å². The van der Waals surface area contributed by atoms with Gasteiger partial charge in [0.05, 0.1) is 0 Å². The van der Waals surface area contributed by atoms with Gasteiger partial charge in [-0.3, -0.25) is 4.79 Å². The van der Waals surface area contributed by atoms with Crippen LogP contribution in [0.4, 0.5) is 0 Å². The van der Waals surface area contributed by atoms with Gasteiger partial charge in [-0.15, -0.1) is 0 Å². The van der Waals surface area contributed by atoms with Crippen LogP contribution in [0.5, 0.6) is 0 Å². The van der Waals surface area contributed by atoms with Crippen molar-refractivity contribution < 1.29 is 5.11 Å². The van der Waals surface area contributed by atoms with E-state index in [1.165, 1.54) is 5.56 Å². The van der Waals surface area contributed by atoms with Crippen molar-refractivity contribution in [1.29, 1.82) is 0 Å². The molecular weight excluding hydrogens is 310 g/mol. The van der Waals surface area contributed by atoms with Crippen molar-refractivity contribution >= 4 is 17.2 Å². The molecule has 0 saturated carbocycles. The zero-order valence-electron chi connectivity index (χ0n) is 13.7. The van der Waals surface area contributed by atoms with Gasteiger partial charge in [-0.05, 0) is 35.1 Å². The summed E-state index contributed by atoms with van der Waals surface area (Å²) in [6.45, 7) is 6.56. The van der Waals surface area contributed by atoms with E-state index < -0.39 is 0 Å². The summed E-state index contributed by atoms with van der Waals surface area (Å²) in [5, 5.41) is 9.29. The van der Waals surface area contributed by atoms with E-state index in [0.717, 1.165) is 11.1 Å². The van der Waals surface area contributed by atoms with E-state index in [2.05, 4.69) is 37.9 Å². The average molecular weight is 332 g/mol. The third-order valence-electron chi connectivity index (χ3n) is 3.69. The standard InChI is InChI=1S/C19H22ClNO2/c1-19(2,3)14-8-6-13(7-9-14)15(5-4-12-22)17-11-10-16(20)18(23)21-17/h5-11,22H,4,12H2,1-3H3,(H,21,23)/b15-5-. The van der Waals surface area contributed by atoms with Crippen molar-refractivity contribution in [3.05, 3.63) is 74.7 Å². The Labute approximate surface area is 141 Å². The number of pyridine rings is 1. The number of aromatic amines is 1. The van der Waals surface area contributed by atoms with Crippen molar-refractivity contribution in [1.82, 2.24) is 4.98 Å². The highest BCUT2D eigenvalue weighted by Gasteiger charge is 2.14. The lowest BCUT2D eigenvalue weighted by atomic mass is 9.86. The van der Waals surface area contributed by atoms with Gasteiger partial charge in [0.2, 0.25) is 0 Å². The second-order valence-electron chi connectivity index (χ2n) is 6.51. The fraction of sp³-hybridized carbons (Fsp3) is 0.316. The molecular formula is C19H22ClNO2. The summed E-state index contributed by atoms with van der Waals surface area (Å²) in [5.41, 5.74) is 3.58. The smallest absolute Gasteiger partial charge is 0.267 e. The first kappa shape index (κ1) is 17.5. The molecule has 0 unspecified atom stereocenters. The zero-order valence-corrected chi connectivity index (χ0v) is 14.4. The zero-order chi connectivity index (χ0) is 17.0. The molecule has 122 valence electrons. The van der Waals surface area contributed by atoms with Gasteiger partial charge in [-0.2, -0.15) is 0 Å². The Hall–Kier alpha value is -1.84. The fourth-order valence-corrected chi connectivity index (χ4v) is 2.47. The summed E-state index contributed by atoms with van der Waals surface area (Å²) >= 11 is 5.80. The number of hydrogen-bond acceptors (Lipinski definition) is 2. The minimum Gasteiger partial charge on any atom is -0.396 e. The summed E-state index contributed by atoms with van der Waals surface area (Å²) in [7, 11) is 0. The lowest BCUT2D eigenvalue weighted by Gasteiger charge is -2.19. The first-order chi connectivity index (χ1) is 10.8. The van der Waals surface area contributed by atoms with Crippen molar-refractivity contribution in [3.63, 3.8) is 0 Å². The molecule has 1 heterocycles. The Kier molecular flexibility index (Phi) is 5.45. The number of hydrogen-bond donors (Lipinski definition) is 2. The Morgan fingerprint density at radius 2 is 1.83 bits per heavy atom. The van der Waals surface area contributed by atoms with Crippen LogP contribution in [0, 0.1) is 0 Å². The second kappa shape index (κ2) is 7.16. The molecule has 0 amide bonds. The summed E-state index contributed by atoms with van der Waals surface area (Å²) in [6.07, 6.45) is 2.44. The SMILES string of the molecule is CC(C)(C)c1ccc(/C(=C/CCO)c2ccc(Cl)c(=O)[nH]2)cc1. The highest BCUT2D eigenvalue weighted by molar-refractivity contribution is 6.30. The monoisotopic (exact) mass is 331 g/mol. The largest absolute Gasteiger partial charge is 0.396 e. The van der Waals surface area contributed by atoms with Crippen LogP contribution in [0.1, 0.15) is 44.0 Å². The molecule has 1 aromatic heterocycles. The molecule has 0 fully saturated rings. The fourth-order valence-electron chi connectivity index (χ4n) is 2.35. The molecule has 0 spiro atoms. The summed E-state index contributed by atoms with van der Waals surface area (Å²) < 4.78 is 0. The van der Waals surface area contributed by atoms with Crippen LogP contribution in [-0.2, 0) is 5.41 Å². The number of halogens is 1. The van der Waals surface area contributed by atoms with Crippen LogP contribution >= 0.6 is 11.6 Å². The van der Waals surface area contributed by atoms with Gasteiger partial charge in [0.1, 0.15) is 5.02 Å². The van der Waals surface area contributed by atoms with E-state index >= 15 is 0 Å². The molecule has 3 nitrogen and oxygen atoms in total. The lowest BCUT2D eigenvalue weighted by Crippen LogP contribution is -2.11. The average Bonchev–Trinajstić information content (AvgIpc) is 2.50. The maximum Gasteiger partial charge on any atom is 0.267 e. The molecule has 0 saturated heterocycles. The number of nitrogens with one attached hydrogen (secondary N) is 1. The molecule has 1 aromatic carbocycles. The van der Waals surface area contributed by atoms with Gasteiger partial charge in [0.15, 0.2) is 0 Å². The van der Waals surface area contributed by atoms with Gasteiger partial charge in [-0.1, -0.05) is 62.7 Å². The minimum absolute atomic E-state index is 0.0569. The van der Waals surface area contributed by atoms with Gasteiger partial charge >= 0.3 is 0 Å². The van der Waals surface area contributed by atoms with E-state index in [1.807, 2.05) is 18.2 Å². The van der Waals surface area contributed by atoms with Crippen LogP contribution in [0.2, 0.25) is 5.02 Å². The topological polar surface area (TPSA) is 53.1 Å².